The Balaban J connectivity index is 1.81. The first-order chi connectivity index (χ1) is 14.1. The number of rotatable bonds is 5. The first kappa shape index (κ1) is 18.9. The van der Waals surface area contributed by atoms with E-state index in [9.17, 15) is 0 Å². The van der Waals surface area contributed by atoms with Gasteiger partial charge in [-0.2, -0.15) is 10.1 Å². The molecule has 0 spiro atoms. The number of fused-ring (bicyclic) bond motifs is 3. The minimum Gasteiger partial charge on any atom is -0.391 e. The molecule has 0 radical (unpaired) electrons. The zero-order valence-corrected chi connectivity index (χ0v) is 17.0. The molecule has 0 atom stereocenters. The van der Waals surface area contributed by atoms with Gasteiger partial charge in [0.1, 0.15) is 5.84 Å². The molecular weight excluding hydrogens is 362 g/mol. The van der Waals surface area contributed by atoms with Crippen LogP contribution < -0.4 is 11.1 Å². The summed E-state index contributed by atoms with van der Waals surface area (Å²) in [7, 11) is 1.99. The van der Waals surface area contributed by atoms with Crippen LogP contribution in [0.4, 0.5) is 5.95 Å². The fourth-order valence-corrected chi connectivity index (χ4v) is 3.65. The lowest BCUT2D eigenvalue weighted by atomic mass is 9.91. The molecule has 0 aliphatic heterocycles. The Bertz CT molecular complexity index is 1110. The number of nitrogens with one attached hydrogen (secondary N) is 1. The van der Waals surface area contributed by atoms with Crippen LogP contribution in [0.5, 0.6) is 0 Å². The molecule has 1 aliphatic carbocycles. The van der Waals surface area contributed by atoms with E-state index < -0.39 is 0 Å². The van der Waals surface area contributed by atoms with Gasteiger partial charge in [-0.3, -0.25) is 4.68 Å². The van der Waals surface area contributed by atoms with Gasteiger partial charge in [-0.05, 0) is 44.4 Å². The maximum atomic E-state index is 5.99. The van der Waals surface area contributed by atoms with Gasteiger partial charge in [0.05, 0.1) is 17.1 Å². The first-order valence-corrected chi connectivity index (χ1v) is 9.80. The van der Waals surface area contributed by atoms with Crippen molar-refractivity contribution in [2.24, 2.45) is 17.8 Å². The van der Waals surface area contributed by atoms with Crippen molar-refractivity contribution >= 4 is 11.8 Å². The Labute approximate surface area is 170 Å². The van der Waals surface area contributed by atoms with E-state index in [0.717, 1.165) is 53.2 Å². The lowest BCUT2D eigenvalue weighted by molar-refractivity contribution is 0.741. The van der Waals surface area contributed by atoms with E-state index in [1.54, 1.807) is 12.3 Å². The second kappa shape index (κ2) is 7.87. The highest BCUT2D eigenvalue weighted by Crippen LogP contribution is 2.39. The van der Waals surface area contributed by atoms with Gasteiger partial charge >= 0.3 is 0 Å². The Morgan fingerprint density at radius 1 is 1.34 bits per heavy atom. The predicted molar refractivity (Wildman–Crippen MR) is 116 cm³/mol. The van der Waals surface area contributed by atoms with Crippen molar-refractivity contribution in [1.29, 1.82) is 0 Å². The summed E-state index contributed by atoms with van der Waals surface area (Å²) < 4.78 is 1.95. The zero-order valence-electron chi connectivity index (χ0n) is 17.0. The molecule has 7 nitrogen and oxygen atoms in total. The monoisotopic (exact) mass is 387 g/mol. The van der Waals surface area contributed by atoms with Crippen LogP contribution in [0.25, 0.3) is 22.5 Å². The number of benzene rings is 1. The van der Waals surface area contributed by atoms with Crippen LogP contribution in [-0.4, -0.2) is 32.1 Å². The number of hydrogen-bond donors (Lipinski definition) is 2. The fourth-order valence-electron chi connectivity index (χ4n) is 3.65. The van der Waals surface area contributed by atoms with Crippen molar-refractivity contribution in [1.82, 2.24) is 25.1 Å². The zero-order chi connectivity index (χ0) is 20.4. The van der Waals surface area contributed by atoms with Gasteiger partial charge in [0, 0.05) is 37.1 Å². The second-order valence-electron chi connectivity index (χ2n) is 7.13. The van der Waals surface area contributed by atoms with Crippen molar-refractivity contribution in [3.63, 3.8) is 0 Å². The number of aliphatic imine (C=N–C) groups is 1. The highest BCUT2D eigenvalue weighted by atomic mass is 15.3. The van der Waals surface area contributed by atoms with Crippen LogP contribution >= 0.6 is 0 Å². The van der Waals surface area contributed by atoms with Crippen LogP contribution in [0.15, 0.2) is 47.7 Å². The lowest BCUT2D eigenvalue weighted by Crippen LogP contribution is -2.11. The van der Waals surface area contributed by atoms with E-state index in [4.69, 9.17) is 15.8 Å². The third-order valence-electron chi connectivity index (χ3n) is 4.94. The van der Waals surface area contributed by atoms with Crippen LogP contribution in [-0.2, 0) is 19.9 Å². The molecule has 0 fully saturated rings. The van der Waals surface area contributed by atoms with Gasteiger partial charge in [-0.1, -0.05) is 23.8 Å². The van der Waals surface area contributed by atoms with Gasteiger partial charge in [0.25, 0.3) is 5.95 Å². The third-order valence-corrected chi connectivity index (χ3v) is 4.94. The summed E-state index contributed by atoms with van der Waals surface area (Å²) in [5.74, 6) is 0.710. The molecule has 0 saturated carbocycles. The average molecular weight is 387 g/mol. The summed E-state index contributed by atoms with van der Waals surface area (Å²) in [5.41, 5.74) is 13.5. The summed E-state index contributed by atoms with van der Waals surface area (Å²) >= 11 is 0. The molecule has 2 aromatic heterocycles. The van der Waals surface area contributed by atoms with E-state index in [1.807, 2.05) is 24.9 Å². The maximum Gasteiger partial charge on any atom is 0.251 e. The van der Waals surface area contributed by atoms with Crippen LogP contribution in [0.2, 0.25) is 0 Å². The van der Waals surface area contributed by atoms with Crippen molar-refractivity contribution in [2.75, 3.05) is 6.54 Å². The molecule has 0 amide bonds. The summed E-state index contributed by atoms with van der Waals surface area (Å²) in [6.45, 7) is 4.94. The quantitative estimate of drug-likeness (QED) is 0.518. The van der Waals surface area contributed by atoms with Gasteiger partial charge in [-0.25, -0.2) is 9.97 Å². The predicted octanol–water partition coefficient (Wildman–Crippen LogP) is 3.06. The van der Waals surface area contributed by atoms with Crippen molar-refractivity contribution in [3.05, 3.63) is 59.6 Å². The molecule has 1 aromatic carbocycles. The number of aromatic nitrogens is 4. The summed E-state index contributed by atoms with van der Waals surface area (Å²) in [6, 6.07) is 8.46. The number of aryl methyl sites for hydroxylation is 4. The van der Waals surface area contributed by atoms with Crippen LogP contribution in [0, 0.1) is 6.92 Å². The molecule has 148 valence electrons. The normalized spacial score (nSPS) is 13.4. The smallest absolute Gasteiger partial charge is 0.251 e. The number of amidine groups is 1. The first-order valence-electron chi connectivity index (χ1n) is 9.80. The molecule has 4 rings (SSSR count). The van der Waals surface area contributed by atoms with E-state index >= 15 is 0 Å². The molecular formula is C22H25N7. The van der Waals surface area contributed by atoms with E-state index in [1.165, 1.54) is 5.56 Å². The van der Waals surface area contributed by atoms with Gasteiger partial charge in [-0.15, -0.1) is 0 Å². The molecule has 1 aliphatic rings. The molecule has 0 saturated heterocycles. The molecule has 0 bridgehead atoms. The lowest BCUT2D eigenvalue weighted by Gasteiger charge is -2.16. The topological polar surface area (TPSA) is 94.0 Å². The second-order valence-corrected chi connectivity index (χ2v) is 7.13. The van der Waals surface area contributed by atoms with Crippen molar-refractivity contribution < 1.29 is 0 Å². The molecule has 3 N–H and O–H groups in total. The van der Waals surface area contributed by atoms with Gasteiger partial charge in [0.15, 0.2) is 0 Å². The minimum atomic E-state index is 0.354. The molecule has 7 heteroatoms. The Morgan fingerprint density at radius 2 is 2.21 bits per heavy atom. The molecule has 3 aromatic rings. The largest absolute Gasteiger partial charge is 0.391 e. The fraction of sp³-hybridized carbons (Fsp3) is 0.273. The molecule has 29 heavy (non-hydrogen) atoms. The average Bonchev–Trinajstić information content (AvgIpc) is 3.04. The summed E-state index contributed by atoms with van der Waals surface area (Å²) in [6.07, 6.45) is 7.08. The summed E-state index contributed by atoms with van der Waals surface area (Å²) in [5, 5.41) is 7.84. The van der Waals surface area contributed by atoms with Crippen LogP contribution in [0.1, 0.15) is 23.7 Å². The van der Waals surface area contributed by atoms with Crippen molar-refractivity contribution in [3.8, 4) is 22.5 Å². The Hall–Kier alpha value is -3.48. The Morgan fingerprint density at radius 3 is 3.00 bits per heavy atom. The van der Waals surface area contributed by atoms with Gasteiger partial charge in [0.2, 0.25) is 0 Å². The SMILES string of the molecule is CCN/C=C\C(N)=Nc1ncc2c(n1)-c1c(nn(C)c1-c1cccc(C)c1)CC2. The number of nitrogens with two attached hydrogens (primary N) is 1. The van der Waals surface area contributed by atoms with Crippen LogP contribution in [0.3, 0.4) is 0 Å². The van der Waals surface area contributed by atoms with E-state index in [0.29, 0.717) is 11.8 Å². The highest BCUT2D eigenvalue weighted by molar-refractivity contribution is 5.93. The van der Waals surface area contributed by atoms with E-state index in [-0.39, 0.29) is 0 Å². The maximum absolute atomic E-state index is 5.99. The number of nitrogens with zero attached hydrogens (tertiary/aromatic N) is 5. The Kier molecular flexibility index (Phi) is 5.12. The van der Waals surface area contributed by atoms with E-state index in [2.05, 4.69) is 46.5 Å². The molecule has 0 unspecified atom stereocenters. The molecule has 2 heterocycles. The number of hydrogen-bond acceptors (Lipinski definition) is 5. The highest BCUT2D eigenvalue weighted by Gasteiger charge is 2.27. The summed E-state index contributed by atoms with van der Waals surface area (Å²) in [4.78, 5) is 13.5. The van der Waals surface area contributed by atoms with Gasteiger partial charge < -0.3 is 11.1 Å². The minimum absolute atomic E-state index is 0.354. The standard InChI is InChI=1S/C22H25N7/c1-4-24-11-10-18(23)26-22-25-13-16-8-9-17-19(20(16)27-22)21(29(3)28-17)15-7-5-6-14(2)12-15/h5-7,10-13,24H,4,8-9H2,1-3H3,(H2,23,25,26,27)/b11-10-. The third kappa shape index (κ3) is 3.76. The van der Waals surface area contributed by atoms with Crippen molar-refractivity contribution in [2.45, 2.75) is 26.7 Å².